The third kappa shape index (κ3) is 7.03. The number of halogens is 2. The highest BCUT2D eigenvalue weighted by molar-refractivity contribution is 9.10. The van der Waals surface area contributed by atoms with Crippen LogP contribution in [0, 0.1) is 5.82 Å². The molecule has 0 spiro atoms. The topological polar surface area (TPSA) is 86.8 Å². The second-order valence-corrected chi connectivity index (χ2v) is 10.2. The van der Waals surface area contributed by atoms with Gasteiger partial charge in [-0.25, -0.2) is 12.8 Å². The summed E-state index contributed by atoms with van der Waals surface area (Å²) in [6.07, 6.45) is 1.64. The summed E-state index contributed by atoms with van der Waals surface area (Å²) in [5.74, 6) is -1.74. The monoisotopic (exact) mass is 527 g/mol. The molecule has 7 nitrogen and oxygen atoms in total. The molecule has 1 atom stereocenters. The van der Waals surface area contributed by atoms with Crippen molar-refractivity contribution >= 4 is 43.5 Å². The molecule has 10 heteroatoms. The summed E-state index contributed by atoms with van der Waals surface area (Å²) in [5, 5.41) is 2.75. The van der Waals surface area contributed by atoms with Crippen molar-refractivity contribution in [1.29, 1.82) is 0 Å². The molecule has 174 valence electrons. The zero-order valence-electron chi connectivity index (χ0n) is 18.2. The fourth-order valence-corrected chi connectivity index (χ4v) is 4.13. The summed E-state index contributed by atoms with van der Waals surface area (Å²) < 4.78 is 40.7. The van der Waals surface area contributed by atoms with E-state index in [0.29, 0.717) is 6.54 Å². The first-order chi connectivity index (χ1) is 15.0. The first-order valence-electron chi connectivity index (χ1n) is 10.1. The van der Waals surface area contributed by atoms with Gasteiger partial charge in [0.05, 0.1) is 11.9 Å². The van der Waals surface area contributed by atoms with Crippen molar-refractivity contribution in [3.05, 3.63) is 64.4 Å². The third-order valence-electron chi connectivity index (χ3n) is 4.78. The number of carbonyl (C=O) groups excluding carboxylic acids is 2. The number of rotatable bonds is 10. The molecule has 0 saturated heterocycles. The van der Waals surface area contributed by atoms with Gasteiger partial charge < -0.3 is 10.2 Å². The molecule has 0 unspecified atom stereocenters. The van der Waals surface area contributed by atoms with Crippen molar-refractivity contribution in [3.63, 3.8) is 0 Å². The maximum absolute atomic E-state index is 14.3. The molecular weight excluding hydrogens is 501 g/mol. The van der Waals surface area contributed by atoms with E-state index in [1.807, 2.05) is 19.1 Å². The van der Waals surface area contributed by atoms with Crippen LogP contribution in [0.1, 0.15) is 25.8 Å². The van der Waals surface area contributed by atoms with E-state index < -0.39 is 34.3 Å². The molecule has 0 fully saturated rings. The van der Waals surface area contributed by atoms with Crippen molar-refractivity contribution in [2.45, 2.75) is 32.9 Å². The smallest absolute Gasteiger partial charge is 0.244 e. The Balaban J connectivity index is 2.37. The average Bonchev–Trinajstić information content (AvgIpc) is 2.74. The number of nitrogens with one attached hydrogen (secondary N) is 1. The summed E-state index contributed by atoms with van der Waals surface area (Å²) in [6.45, 7) is 3.39. The molecule has 0 aromatic heterocycles. The molecule has 2 amide bonds. The van der Waals surface area contributed by atoms with Crippen LogP contribution in [-0.2, 0) is 26.2 Å². The fraction of sp³-hybridized carbons (Fsp3) is 0.364. The lowest BCUT2D eigenvalue weighted by molar-refractivity contribution is -0.139. The van der Waals surface area contributed by atoms with E-state index in [1.54, 1.807) is 19.1 Å². The van der Waals surface area contributed by atoms with Crippen LogP contribution in [-0.4, -0.2) is 50.5 Å². The first kappa shape index (κ1) is 25.8. The Labute approximate surface area is 196 Å². The van der Waals surface area contributed by atoms with E-state index in [-0.39, 0.29) is 18.1 Å². The number of anilines is 1. The molecule has 0 aliphatic carbocycles. The highest BCUT2D eigenvalue weighted by Crippen LogP contribution is 2.22. The second-order valence-electron chi connectivity index (χ2n) is 7.34. The zero-order chi connectivity index (χ0) is 23.9. The lowest BCUT2D eigenvalue weighted by Gasteiger charge is -2.31. The van der Waals surface area contributed by atoms with Gasteiger partial charge in [-0.3, -0.25) is 13.9 Å². The third-order valence-corrected chi connectivity index (χ3v) is 6.44. The molecule has 1 N–H and O–H groups in total. The Bertz CT molecular complexity index is 1050. The molecule has 0 aliphatic heterocycles. The molecule has 0 saturated carbocycles. The Kier molecular flexibility index (Phi) is 9.21. The highest BCUT2D eigenvalue weighted by Gasteiger charge is 2.30. The number of para-hydroxylation sites is 1. The Hall–Kier alpha value is -2.46. The predicted molar refractivity (Wildman–Crippen MR) is 126 cm³/mol. The second kappa shape index (κ2) is 11.4. The minimum atomic E-state index is -3.97. The Morgan fingerprint density at radius 1 is 1.12 bits per heavy atom. The molecule has 2 aromatic carbocycles. The van der Waals surface area contributed by atoms with E-state index in [0.717, 1.165) is 33.1 Å². The molecule has 2 aromatic rings. The van der Waals surface area contributed by atoms with E-state index in [1.165, 1.54) is 23.1 Å². The molecule has 0 radical (unpaired) electrons. The van der Waals surface area contributed by atoms with Crippen LogP contribution in [0.4, 0.5) is 10.1 Å². The van der Waals surface area contributed by atoms with Crippen LogP contribution >= 0.6 is 15.9 Å². The molecular formula is C22H27BrFN3O4S. The van der Waals surface area contributed by atoms with Crippen LogP contribution in [0.3, 0.4) is 0 Å². The van der Waals surface area contributed by atoms with Crippen molar-refractivity contribution in [2.24, 2.45) is 0 Å². The van der Waals surface area contributed by atoms with Gasteiger partial charge in [-0.05, 0) is 43.2 Å². The maximum atomic E-state index is 14.3. The molecule has 2 rings (SSSR count). The van der Waals surface area contributed by atoms with Gasteiger partial charge in [0.1, 0.15) is 18.4 Å². The van der Waals surface area contributed by atoms with E-state index in [2.05, 4.69) is 21.2 Å². The number of hydrogen-bond acceptors (Lipinski definition) is 4. The maximum Gasteiger partial charge on any atom is 0.244 e. The van der Waals surface area contributed by atoms with E-state index in [9.17, 15) is 22.4 Å². The number of nitrogens with zero attached hydrogens (tertiary/aromatic N) is 2. The lowest BCUT2D eigenvalue weighted by Crippen LogP contribution is -2.51. The van der Waals surface area contributed by atoms with Crippen LogP contribution in [0.2, 0.25) is 0 Å². The van der Waals surface area contributed by atoms with Crippen LogP contribution in [0.15, 0.2) is 53.0 Å². The van der Waals surface area contributed by atoms with E-state index in [4.69, 9.17) is 0 Å². The Morgan fingerprint density at radius 2 is 1.75 bits per heavy atom. The van der Waals surface area contributed by atoms with Gasteiger partial charge in [0.2, 0.25) is 21.8 Å². The predicted octanol–water partition coefficient (Wildman–Crippen LogP) is 3.30. The van der Waals surface area contributed by atoms with E-state index >= 15 is 0 Å². The van der Waals surface area contributed by atoms with Crippen molar-refractivity contribution in [2.75, 3.05) is 23.7 Å². The van der Waals surface area contributed by atoms with Gasteiger partial charge in [-0.1, -0.05) is 47.1 Å². The summed E-state index contributed by atoms with van der Waals surface area (Å²) in [5.41, 5.74) is 0.531. The van der Waals surface area contributed by atoms with Crippen LogP contribution < -0.4 is 9.62 Å². The van der Waals surface area contributed by atoms with Gasteiger partial charge in [0, 0.05) is 17.6 Å². The van der Waals surface area contributed by atoms with Crippen molar-refractivity contribution < 1.29 is 22.4 Å². The van der Waals surface area contributed by atoms with Gasteiger partial charge in [0.25, 0.3) is 0 Å². The minimum Gasteiger partial charge on any atom is -0.354 e. The van der Waals surface area contributed by atoms with Gasteiger partial charge in [0.15, 0.2) is 0 Å². The quantitative estimate of drug-likeness (QED) is 0.513. The first-order valence-corrected chi connectivity index (χ1v) is 12.7. The summed E-state index contributed by atoms with van der Waals surface area (Å²) in [7, 11) is -3.97. The molecule has 0 heterocycles. The summed E-state index contributed by atoms with van der Waals surface area (Å²) >= 11 is 3.35. The van der Waals surface area contributed by atoms with Gasteiger partial charge in [-0.2, -0.15) is 0 Å². The van der Waals surface area contributed by atoms with Crippen molar-refractivity contribution in [1.82, 2.24) is 10.2 Å². The van der Waals surface area contributed by atoms with Gasteiger partial charge in [-0.15, -0.1) is 0 Å². The normalized spacial score (nSPS) is 12.2. The number of hydrogen-bond donors (Lipinski definition) is 1. The molecule has 0 bridgehead atoms. The number of amides is 2. The van der Waals surface area contributed by atoms with Crippen LogP contribution in [0.25, 0.3) is 0 Å². The van der Waals surface area contributed by atoms with Gasteiger partial charge >= 0.3 is 0 Å². The molecule has 0 aliphatic rings. The van der Waals surface area contributed by atoms with Crippen LogP contribution in [0.5, 0.6) is 0 Å². The average molecular weight is 528 g/mol. The van der Waals surface area contributed by atoms with Crippen molar-refractivity contribution in [3.8, 4) is 0 Å². The molecule has 32 heavy (non-hydrogen) atoms. The Morgan fingerprint density at radius 3 is 2.31 bits per heavy atom. The lowest BCUT2D eigenvalue weighted by atomic mass is 10.1. The zero-order valence-corrected chi connectivity index (χ0v) is 20.6. The number of sulfonamides is 1. The SMILES string of the molecule is CCCNC(=O)[C@H](C)N(Cc1ccc(Br)cc1)C(=O)CN(c1ccccc1F)S(C)(=O)=O. The highest BCUT2D eigenvalue weighted by atomic mass is 79.9. The fourth-order valence-electron chi connectivity index (χ4n) is 3.01. The minimum absolute atomic E-state index is 0.0850. The summed E-state index contributed by atoms with van der Waals surface area (Å²) in [6, 6.07) is 11.7. The number of benzene rings is 2. The summed E-state index contributed by atoms with van der Waals surface area (Å²) in [4.78, 5) is 27.2. The standard InChI is InChI=1S/C22H27BrFN3O4S/c1-4-13-25-22(29)16(2)26(14-17-9-11-18(23)12-10-17)21(28)15-27(32(3,30)31)20-8-6-5-7-19(20)24/h5-12,16H,4,13-15H2,1-3H3,(H,25,29)/t16-/m0/s1. The largest absolute Gasteiger partial charge is 0.354 e. The number of carbonyl (C=O) groups is 2.